The average Bonchev–Trinajstić information content (AvgIpc) is 3.04. The number of phenols is 1. The summed E-state index contributed by atoms with van der Waals surface area (Å²) in [7, 11) is -4.44. The summed E-state index contributed by atoms with van der Waals surface area (Å²) in [5.74, 6) is -1.63. The molecule has 5 N–H and O–H groups in total. The molecule has 0 bridgehead atoms. The van der Waals surface area contributed by atoms with Gasteiger partial charge in [-0.15, -0.1) is 0 Å². The quantitative estimate of drug-likeness (QED) is 0.122. The molecule has 0 spiro atoms. The van der Waals surface area contributed by atoms with Crippen LogP contribution in [0.3, 0.4) is 0 Å². The number of amides is 3. The molecule has 6 aromatic carbocycles. The second kappa shape index (κ2) is 14.2. The number of carbonyl (C=O) groups is 3. The predicted molar refractivity (Wildman–Crippen MR) is 182 cm³/mol. The fraction of sp³-hybridized carbons (Fsp3) is 0. The van der Waals surface area contributed by atoms with Crippen molar-refractivity contribution in [3.05, 3.63) is 137 Å². The van der Waals surface area contributed by atoms with E-state index in [1.807, 2.05) is 0 Å². The molecule has 0 aliphatic carbocycles. The smallest absolute Gasteiger partial charge is 1.00 e. The number of nitrogens with one attached hydrogen (secondary N) is 3. The normalized spacial score (nSPS) is 11.0. The number of aromatic hydroxyl groups is 1. The van der Waals surface area contributed by atoms with Crippen LogP contribution in [0.2, 0.25) is 5.02 Å². The number of anilines is 3. The first-order valence-electron chi connectivity index (χ1n) is 14.0. The average molecular weight is 690 g/mol. The van der Waals surface area contributed by atoms with Crippen molar-refractivity contribution in [3.8, 4) is 5.75 Å². The van der Waals surface area contributed by atoms with Gasteiger partial charge >= 0.3 is 29.6 Å². The predicted octanol–water partition coefficient (Wildman–Crippen LogP) is 4.47. The summed E-state index contributed by atoms with van der Waals surface area (Å²) in [4.78, 5) is 40.0. The van der Waals surface area contributed by atoms with Crippen molar-refractivity contribution in [3.63, 3.8) is 0 Å². The van der Waals surface area contributed by atoms with Crippen LogP contribution in [0.15, 0.2) is 120 Å². The van der Waals surface area contributed by atoms with E-state index >= 15 is 0 Å². The molecule has 0 heterocycles. The van der Waals surface area contributed by atoms with E-state index in [-0.39, 0.29) is 64.0 Å². The van der Waals surface area contributed by atoms with Gasteiger partial charge in [0.1, 0.15) is 5.75 Å². The largest absolute Gasteiger partial charge is 1.00 e. The molecule has 236 valence electrons. The van der Waals surface area contributed by atoms with E-state index in [2.05, 4.69) is 16.0 Å². The maximum Gasteiger partial charge on any atom is 1.00 e. The van der Waals surface area contributed by atoms with Crippen LogP contribution in [0.1, 0.15) is 32.5 Å². The van der Waals surface area contributed by atoms with Crippen molar-refractivity contribution in [1.29, 1.82) is 0 Å². The molecule has 0 aliphatic rings. The zero-order valence-electron chi connectivity index (χ0n) is 26.2. The first kappa shape index (κ1) is 34.6. The molecule has 0 atom stereocenters. The third-order valence-corrected chi connectivity index (χ3v) is 8.40. The molecular weight excluding hydrogens is 665 g/mol. The Morgan fingerprint density at radius 3 is 1.73 bits per heavy atom. The third-order valence-electron chi connectivity index (χ3n) is 7.31. The Balaban J connectivity index is 0.00000270. The van der Waals surface area contributed by atoms with Crippen molar-refractivity contribution >= 4 is 78.0 Å². The summed E-state index contributed by atoms with van der Waals surface area (Å²) in [6.07, 6.45) is 0. The molecule has 0 aromatic heterocycles. The maximum atomic E-state index is 13.6. The standard InChI is InChI=1S/C35H24ClN3O7S.Na.H/c36-25-7-1-6-22(15-25)33(41)37-26-16-23(34(42)38-31-8-2-4-20-18-27(40)10-12-29(20)31)14-24(17-26)35(43)39-32-9-3-5-21-19-28(47(44,45)46)11-13-30(21)32;;/h1-19,40H,(H,37,41)(H,38,42)(H,39,43)(H,44,45,46);;/q;+1;-1. The Kier molecular flexibility index (Phi) is 10.2. The summed E-state index contributed by atoms with van der Waals surface area (Å²) >= 11 is 6.06. The Morgan fingerprint density at radius 1 is 0.604 bits per heavy atom. The SMILES string of the molecule is O=C(Nc1cc(C(=O)Nc2cccc3cc(O)ccc23)cc(C(=O)Nc2cccc3cc(S(=O)(=O)O)ccc23)c1)c1cccc(Cl)c1.[H-].[Na+]. The number of carbonyl (C=O) groups excluding carboxylic acids is 3. The van der Waals surface area contributed by atoms with Crippen molar-refractivity contribution in [2.75, 3.05) is 16.0 Å². The molecule has 13 heteroatoms. The van der Waals surface area contributed by atoms with Crippen molar-refractivity contribution in [2.24, 2.45) is 0 Å². The Labute approximate surface area is 303 Å². The fourth-order valence-electron chi connectivity index (χ4n) is 5.10. The van der Waals surface area contributed by atoms with Crippen molar-refractivity contribution < 1.29 is 63.4 Å². The van der Waals surface area contributed by atoms with Gasteiger partial charge in [0.15, 0.2) is 0 Å². The molecule has 0 saturated carbocycles. The summed E-state index contributed by atoms with van der Waals surface area (Å²) < 4.78 is 32.7. The van der Waals surface area contributed by atoms with E-state index in [0.717, 1.165) is 0 Å². The van der Waals surface area contributed by atoms with Crippen LogP contribution in [0.5, 0.6) is 5.75 Å². The summed E-state index contributed by atoms with van der Waals surface area (Å²) in [6.45, 7) is 0. The minimum absolute atomic E-state index is 0. The van der Waals surface area contributed by atoms with E-state index in [4.69, 9.17) is 11.6 Å². The van der Waals surface area contributed by atoms with Gasteiger partial charge < -0.3 is 22.5 Å². The Morgan fingerprint density at radius 2 is 1.15 bits per heavy atom. The second-order valence-electron chi connectivity index (χ2n) is 10.5. The van der Waals surface area contributed by atoms with Gasteiger partial charge in [0.05, 0.1) is 4.90 Å². The van der Waals surface area contributed by atoms with Gasteiger partial charge in [-0.3, -0.25) is 18.9 Å². The minimum Gasteiger partial charge on any atom is -1.00 e. The molecule has 0 aliphatic heterocycles. The molecular formula is C35H25ClN3NaO7S. The molecule has 3 amide bonds. The number of rotatable bonds is 7. The van der Waals surface area contributed by atoms with Crippen LogP contribution < -0.4 is 45.5 Å². The van der Waals surface area contributed by atoms with Gasteiger partial charge in [-0.05, 0) is 89.6 Å². The van der Waals surface area contributed by atoms with Crippen LogP contribution in [-0.2, 0) is 10.1 Å². The van der Waals surface area contributed by atoms with Crippen molar-refractivity contribution in [1.82, 2.24) is 0 Å². The number of fused-ring (bicyclic) bond motifs is 2. The van der Waals surface area contributed by atoms with Crippen LogP contribution in [0.25, 0.3) is 21.5 Å². The van der Waals surface area contributed by atoms with Crippen LogP contribution in [0.4, 0.5) is 17.1 Å². The molecule has 6 aromatic rings. The van der Waals surface area contributed by atoms with E-state index < -0.39 is 27.8 Å². The third kappa shape index (κ3) is 7.69. The van der Waals surface area contributed by atoms with Gasteiger partial charge in [-0.2, -0.15) is 8.42 Å². The molecule has 0 fully saturated rings. The van der Waals surface area contributed by atoms with E-state index in [1.165, 1.54) is 48.5 Å². The molecule has 48 heavy (non-hydrogen) atoms. The van der Waals surface area contributed by atoms with E-state index in [9.17, 15) is 32.5 Å². The fourth-order valence-corrected chi connectivity index (χ4v) is 5.80. The number of benzene rings is 6. The van der Waals surface area contributed by atoms with Crippen molar-refractivity contribution in [2.45, 2.75) is 4.90 Å². The number of hydrogen-bond donors (Lipinski definition) is 5. The number of hydrogen-bond acceptors (Lipinski definition) is 6. The first-order chi connectivity index (χ1) is 22.4. The van der Waals surface area contributed by atoms with Gasteiger partial charge in [-0.1, -0.05) is 48.0 Å². The minimum atomic E-state index is -4.44. The Hall–Kier alpha value is -4.75. The number of phenolic OH excluding ortho intramolecular Hbond substituents is 1. The van der Waals surface area contributed by atoms with Gasteiger partial charge in [0.25, 0.3) is 27.8 Å². The summed E-state index contributed by atoms with van der Waals surface area (Å²) in [6, 6.07) is 29.3. The Bertz CT molecular complexity index is 2370. The second-order valence-corrected chi connectivity index (χ2v) is 12.4. The number of halogens is 1. The topological polar surface area (TPSA) is 162 Å². The van der Waals surface area contributed by atoms with Crippen LogP contribution in [-0.4, -0.2) is 35.8 Å². The van der Waals surface area contributed by atoms with E-state index in [0.29, 0.717) is 37.9 Å². The van der Waals surface area contributed by atoms with E-state index in [1.54, 1.807) is 66.7 Å². The first-order valence-corrected chi connectivity index (χ1v) is 15.8. The summed E-state index contributed by atoms with van der Waals surface area (Å²) in [5, 5.41) is 20.9. The van der Waals surface area contributed by atoms with Gasteiger partial charge in [0, 0.05) is 49.5 Å². The van der Waals surface area contributed by atoms with Gasteiger partial charge in [0.2, 0.25) is 0 Å². The molecule has 0 saturated heterocycles. The zero-order valence-corrected chi connectivity index (χ0v) is 28.8. The molecule has 6 rings (SSSR count). The van der Waals surface area contributed by atoms with Gasteiger partial charge in [-0.25, -0.2) is 0 Å². The monoisotopic (exact) mass is 689 g/mol. The van der Waals surface area contributed by atoms with Crippen LogP contribution >= 0.6 is 11.6 Å². The zero-order chi connectivity index (χ0) is 33.3. The molecule has 10 nitrogen and oxygen atoms in total. The van der Waals surface area contributed by atoms with Crippen LogP contribution in [0, 0.1) is 0 Å². The molecule has 0 radical (unpaired) electrons. The summed E-state index contributed by atoms with van der Waals surface area (Å²) in [5.41, 5.74) is 1.32. The maximum absolute atomic E-state index is 13.6. The molecule has 0 unspecified atom stereocenters.